The van der Waals surface area contributed by atoms with E-state index >= 15 is 0 Å². The molecule has 0 aliphatic carbocycles. The number of nitrogens with zero attached hydrogens (tertiary/aromatic N) is 3. The smallest absolute Gasteiger partial charge is 0.490 e. The Kier molecular flexibility index (Phi) is 10.5. The molecule has 1 unspecified atom stereocenters. The van der Waals surface area contributed by atoms with Crippen LogP contribution in [0.25, 0.3) is 11.2 Å². The molecule has 1 atom stereocenters. The van der Waals surface area contributed by atoms with Crippen LogP contribution in [0.5, 0.6) is 5.75 Å². The summed E-state index contributed by atoms with van der Waals surface area (Å²) < 4.78 is 69.3. The number of aliphatic carboxylic acids is 2. The molecule has 0 saturated carbocycles. The number of hydrogen-bond acceptors (Lipinski definition) is 8. The lowest BCUT2D eigenvalue weighted by atomic mass is 9.86. The van der Waals surface area contributed by atoms with Crippen molar-refractivity contribution in [3.63, 3.8) is 0 Å². The van der Waals surface area contributed by atoms with Gasteiger partial charge in [0.05, 0.1) is 19.5 Å². The van der Waals surface area contributed by atoms with Crippen LogP contribution in [0.1, 0.15) is 35.6 Å². The monoisotopic (exact) mass is 600 g/mol. The number of aromatic amines is 1. The maximum absolute atomic E-state index is 10.6. The fourth-order valence-electron chi connectivity index (χ4n) is 3.45. The van der Waals surface area contributed by atoms with Crippen molar-refractivity contribution in [1.82, 2.24) is 25.3 Å². The van der Waals surface area contributed by atoms with Gasteiger partial charge in [0.25, 0.3) is 0 Å². The first kappa shape index (κ1) is 32.4. The van der Waals surface area contributed by atoms with Crippen molar-refractivity contribution in [3.05, 3.63) is 40.4 Å². The van der Waals surface area contributed by atoms with Crippen LogP contribution >= 0.6 is 11.6 Å². The van der Waals surface area contributed by atoms with Gasteiger partial charge in [-0.3, -0.25) is 0 Å². The van der Waals surface area contributed by atoms with E-state index in [-0.39, 0.29) is 6.04 Å². The molecule has 1 saturated heterocycles. The quantitative estimate of drug-likeness (QED) is 0.264. The number of methoxy groups -OCH3 is 1. The molecule has 1 aliphatic rings. The van der Waals surface area contributed by atoms with Crippen molar-refractivity contribution >= 4 is 40.5 Å². The fourth-order valence-corrected chi connectivity index (χ4v) is 3.67. The van der Waals surface area contributed by atoms with Crippen LogP contribution in [0.2, 0.25) is 5.02 Å². The lowest BCUT2D eigenvalue weighted by Gasteiger charge is -2.32. The van der Waals surface area contributed by atoms with Gasteiger partial charge in [-0.25, -0.2) is 24.5 Å². The molecule has 3 heterocycles. The number of H-pyrrole nitrogens is 1. The van der Waals surface area contributed by atoms with E-state index in [0.29, 0.717) is 22.9 Å². The molecule has 0 bridgehead atoms. The highest BCUT2D eigenvalue weighted by molar-refractivity contribution is 6.31. The van der Waals surface area contributed by atoms with E-state index in [1.54, 1.807) is 13.4 Å². The van der Waals surface area contributed by atoms with Crippen LogP contribution < -0.4 is 15.4 Å². The van der Waals surface area contributed by atoms with Gasteiger partial charge < -0.3 is 30.6 Å². The third kappa shape index (κ3) is 8.08. The summed E-state index contributed by atoms with van der Waals surface area (Å²) in [5.41, 5.74) is 4.69. The Morgan fingerprint density at radius 2 is 1.65 bits per heavy atom. The zero-order valence-corrected chi connectivity index (χ0v) is 21.7. The molecule has 18 heteroatoms. The number of imidazole rings is 1. The maximum Gasteiger partial charge on any atom is 0.490 e. The second-order valence-corrected chi connectivity index (χ2v) is 8.58. The van der Waals surface area contributed by atoms with E-state index < -0.39 is 24.3 Å². The Bertz CT molecular complexity index is 1320. The molecule has 220 valence electrons. The van der Waals surface area contributed by atoms with E-state index in [2.05, 4.69) is 44.4 Å². The van der Waals surface area contributed by atoms with E-state index in [4.69, 9.17) is 36.1 Å². The van der Waals surface area contributed by atoms with Crippen molar-refractivity contribution in [1.29, 1.82) is 0 Å². The molecule has 1 aliphatic heterocycles. The van der Waals surface area contributed by atoms with Crippen molar-refractivity contribution in [2.75, 3.05) is 25.5 Å². The predicted octanol–water partition coefficient (Wildman–Crippen LogP) is 4.45. The highest BCUT2D eigenvalue weighted by atomic mass is 35.5. The molecule has 0 amide bonds. The van der Waals surface area contributed by atoms with Gasteiger partial charge in [0.1, 0.15) is 17.6 Å². The summed E-state index contributed by atoms with van der Waals surface area (Å²) in [4.78, 5) is 33.6. The first-order valence-electron chi connectivity index (χ1n) is 11.1. The van der Waals surface area contributed by atoms with E-state index in [0.717, 1.165) is 35.0 Å². The Hall–Kier alpha value is -3.86. The van der Waals surface area contributed by atoms with Crippen LogP contribution in [-0.2, 0) is 9.59 Å². The maximum atomic E-state index is 10.6. The van der Waals surface area contributed by atoms with Crippen molar-refractivity contribution in [3.8, 4) is 5.75 Å². The molecule has 4 rings (SSSR count). The third-order valence-corrected chi connectivity index (χ3v) is 5.86. The molecule has 11 nitrogen and oxygen atoms in total. The molecule has 0 spiro atoms. The van der Waals surface area contributed by atoms with E-state index in [1.165, 1.54) is 11.9 Å². The number of ether oxygens (including phenoxy) is 1. The zero-order valence-electron chi connectivity index (χ0n) is 20.9. The molecule has 1 fully saturated rings. The minimum Gasteiger partial charge on any atom is -0.496 e. The Morgan fingerprint density at radius 3 is 2.10 bits per heavy atom. The number of alkyl halides is 6. The first-order valence-corrected chi connectivity index (χ1v) is 11.4. The predicted molar refractivity (Wildman–Crippen MR) is 129 cm³/mol. The number of benzene rings is 1. The number of rotatable bonds is 5. The van der Waals surface area contributed by atoms with Gasteiger partial charge in [0.2, 0.25) is 0 Å². The topological polar surface area (TPSA) is 162 Å². The number of aromatic nitrogens is 4. The van der Waals surface area contributed by atoms with E-state index in [9.17, 15) is 26.3 Å². The van der Waals surface area contributed by atoms with Gasteiger partial charge in [-0.15, -0.1) is 0 Å². The number of carboxylic acids is 2. The van der Waals surface area contributed by atoms with Gasteiger partial charge >= 0.3 is 24.3 Å². The Morgan fingerprint density at radius 1 is 1.10 bits per heavy atom. The van der Waals surface area contributed by atoms with Gasteiger partial charge in [0.15, 0.2) is 11.5 Å². The summed E-state index contributed by atoms with van der Waals surface area (Å²) in [5, 5.41) is 21.7. The third-order valence-electron chi connectivity index (χ3n) is 5.47. The number of hydrogen-bond donors (Lipinski definition) is 5. The molecule has 2 aromatic heterocycles. The number of nitrogens with one attached hydrogen (secondary N) is 3. The molecule has 3 aromatic rings. The van der Waals surface area contributed by atoms with Crippen LogP contribution in [0, 0.1) is 6.92 Å². The molecule has 5 N–H and O–H groups in total. The van der Waals surface area contributed by atoms with Crippen LogP contribution in [0.15, 0.2) is 18.7 Å². The van der Waals surface area contributed by atoms with Gasteiger partial charge in [-0.05, 0) is 25.5 Å². The molecule has 0 radical (unpaired) electrons. The van der Waals surface area contributed by atoms with E-state index in [1.807, 2.05) is 6.07 Å². The van der Waals surface area contributed by atoms with Crippen molar-refractivity contribution in [2.24, 2.45) is 0 Å². The number of carbonyl (C=O) groups is 2. The van der Waals surface area contributed by atoms with Crippen LogP contribution in [0.4, 0.5) is 32.2 Å². The summed E-state index contributed by atoms with van der Waals surface area (Å²) in [6.45, 7) is 6.00. The lowest BCUT2D eigenvalue weighted by molar-refractivity contribution is -0.193. The van der Waals surface area contributed by atoms with Gasteiger partial charge in [-0.2, -0.15) is 26.3 Å². The summed E-state index contributed by atoms with van der Waals surface area (Å²) in [7, 11) is 1.71. The Labute approximate surface area is 226 Å². The second-order valence-electron chi connectivity index (χ2n) is 8.17. The lowest BCUT2D eigenvalue weighted by Crippen LogP contribution is -2.40. The minimum absolute atomic E-state index is 0.0652. The Balaban J connectivity index is 0.000000333. The molecular formula is C22H23ClF6N6O5. The van der Waals surface area contributed by atoms with Crippen LogP contribution in [0.3, 0.4) is 0 Å². The number of anilines is 1. The minimum atomic E-state index is -5.08. The number of halogens is 7. The second kappa shape index (κ2) is 13.0. The highest BCUT2D eigenvalue weighted by Gasteiger charge is 2.39. The fraction of sp³-hybridized carbons (Fsp3) is 0.409. The highest BCUT2D eigenvalue weighted by Crippen LogP contribution is 2.41. The SMILES string of the molecule is COc1c(C(C)Nc2ncnc3[nH]cnc23)cc(Cl)c(C)c1C1CNC1.O=C(O)C(F)(F)F.O=C(O)C(F)(F)F. The molecule has 40 heavy (non-hydrogen) atoms. The summed E-state index contributed by atoms with van der Waals surface area (Å²) >= 11 is 6.55. The molecular weight excluding hydrogens is 578 g/mol. The summed E-state index contributed by atoms with van der Waals surface area (Å²) in [6, 6.07) is 1.91. The average molecular weight is 601 g/mol. The van der Waals surface area contributed by atoms with Crippen molar-refractivity contribution < 1.29 is 50.9 Å². The molecule has 1 aromatic carbocycles. The standard InChI is InChI=1S/C18H21ClN6O.2C2HF3O2/c1-9-13(19)4-12(16(26-3)14(9)11-5-20-6-11)10(2)25-18-15-17(22-7-21-15)23-8-24-18;2*3-2(4,5)1(6)7/h4,7-8,10-11,20H,5-6H2,1-3H3,(H2,21,22,23,24,25);2*(H,6,7). The van der Waals surface area contributed by atoms with Crippen LogP contribution in [-0.4, -0.2) is 74.6 Å². The van der Waals surface area contributed by atoms with Gasteiger partial charge in [0, 0.05) is 35.2 Å². The summed E-state index contributed by atoms with van der Waals surface area (Å²) in [6.07, 6.45) is -7.04. The first-order chi connectivity index (χ1) is 18.5. The largest absolute Gasteiger partial charge is 0.496 e. The normalized spacial score (nSPS) is 14.2. The summed E-state index contributed by atoms with van der Waals surface area (Å²) in [5.74, 6) is -3.52. The number of carboxylic acid groups (broad SMARTS) is 2. The zero-order chi connectivity index (χ0) is 30.4. The van der Waals surface area contributed by atoms with Gasteiger partial charge in [-0.1, -0.05) is 11.6 Å². The average Bonchev–Trinajstić information content (AvgIpc) is 3.30. The van der Waals surface area contributed by atoms with Crippen molar-refractivity contribution in [2.45, 2.75) is 38.2 Å². The number of fused-ring (bicyclic) bond motifs is 1.